The van der Waals surface area contributed by atoms with Crippen molar-refractivity contribution < 1.29 is 13.9 Å². The molecule has 2 N–H and O–H groups in total. The van der Waals surface area contributed by atoms with Crippen LogP contribution < -0.4 is 10.6 Å². The van der Waals surface area contributed by atoms with Crippen molar-refractivity contribution >= 4 is 16.9 Å². The lowest BCUT2D eigenvalue weighted by atomic mass is 10.3. The second-order valence-corrected chi connectivity index (χ2v) is 5.32. The number of fused-ring (bicyclic) bond motifs is 1. The summed E-state index contributed by atoms with van der Waals surface area (Å²) in [5.74, 6) is 0.396. The highest BCUT2D eigenvalue weighted by molar-refractivity contribution is 5.81. The Balaban J connectivity index is 1.59. The molecule has 2 heterocycles. The minimum atomic E-state index is -0.428. The summed E-state index contributed by atoms with van der Waals surface area (Å²) in [6.45, 7) is 2.34. The van der Waals surface area contributed by atoms with Gasteiger partial charge in [0.25, 0.3) is 0 Å². The van der Waals surface area contributed by atoms with Crippen LogP contribution in [0.4, 0.5) is 4.39 Å². The summed E-state index contributed by atoms with van der Waals surface area (Å²) in [7, 11) is 1.89. The van der Waals surface area contributed by atoms with Crippen LogP contribution in [0.1, 0.15) is 5.82 Å². The molecule has 0 aliphatic carbocycles. The van der Waals surface area contributed by atoms with E-state index in [1.54, 1.807) is 6.07 Å². The van der Waals surface area contributed by atoms with E-state index in [-0.39, 0.29) is 11.7 Å². The van der Waals surface area contributed by atoms with E-state index in [0.717, 1.165) is 17.9 Å². The number of halogens is 1. The number of aromatic nitrogens is 2. The van der Waals surface area contributed by atoms with Gasteiger partial charge in [-0.3, -0.25) is 4.79 Å². The lowest BCUT2D eigenvalue weighted by Gasteiger charge is -2.22. The van der Waals surface area contributed by atoms with Crippen LogP contribution in [0.25, 0.3) is 11.0 Å². The number of hydrogen-bond acceptors (Lipinski definition) is 4. The van der Waals surface area contributed by atoms with E-state index in [0.29, 0.717) is 31.6 Å². The van der Waals surface area contributed by atoms with E-state index >= 15 is 0 Å². The van der Waals surface area contributed by atoms with Crippen molar-refractivity contribution in [2.24, 2.45) is 7.05 Å². The van der Waals surface area contributed by atoms with Crippen molar-refractivity contribution in [1.82, 2.24) is 20.2 Å². The number of morpholine rings is 1. The Hall–Kier alpha value is -1.99. The van der Waals surface area contributed by atoms with Crippen molar-refractivity contribution in [2.45, 2.75) is 12.5 Å². The number of aryl methyl sites for hydroxylation is 1. The molecular formula is C15H19FN4O2. The average Bonchev–Trinajstić information content (AvgIpc) is 2.83. The Kier molecular flexibility index (Phi) is 4.35. The zero-order chi connectivity index (χ0) is 15.5. The lowest BCUT2D eigenvalue weighted by molar-refractivity contribution is -0.134. The summed E-state index contributed by atoms with van der Waals surface area (Å²) in [5, 5.41) is 5.97. The normalized spacial score (nSPS) is 18.5. The minimum absolute atomic E-state index is 0.114. The molecule has 1 amide bonds. The fourth-order valence-corrected chi connectivity index (χ4v) is 2.59. The van der Waals surface area contributed by atoms with Crippen molar-refractivity contribution in [3.8, 4) is 0 Å². The molecule has 0 spiro atoms. The van der Waals surface area contributed by atoms with Gasteiger partial charge in [-0.1, -0.05) is 0 Å². The maximum absolute atomic E-state index is 13.2. The Morgan fingerprint density at radius 2 is 2.45 bits per heavy atom. The Morgan fingerprint density at radius 1 is 1.59 bits per heavy atom. The standard InChI is InChI=1S/C15H19FN4O2/c1-20-12-3-2-10(16)8-11(12)19-14(20)4-5-18-15(21)13-9-17-6-7-22-13/h2-3,8,13,17H,4-7,9H2,1H3,(H,18,21). The Morgan fingerprint density at radius 3 is 3.23 bits per heavy atom. The van der Waals surface area contributed by atoms with Gasteiger partial charge in [0.15, 0.2) is 0 Å². The third-order valence-corrected chi connectivity index (χ3v) is 3.80. The molecule has 3 rings (SSSR count). The second-order valence-electron chi connectivity index (χ2n) is 5.32. The first-order valence-electron chi connectivity index (χ1n) is 7.36. The van der Waals surface area contributed by atoms with Gasteiger partial charge in [-0.05, 0) is 12.1 Å². The summed E-state index contributed by atoms with van der Waals surface area (Å²) in [6.07, 6.45) is 0.155. The maximum Gasteiger partial charge on any atom is 0.250 e. The van der Waals surface area contributed by atoms with E-state index in [4.69, 9.17) is 4.74 Å². The Bertz CT molecular complexity index is 679. The predicted molar refractivity (Wildman–Crippen MR) is 80.0 cm³/mol. The molecular weight excluding hydrogens is 287 g/mol. The van der Waals surface area contributed by atoms with Crippen LogP contribution in [0, 0.1) is 5.82 Å². The monoisotopic (exact) mass is 306 g/mol. The van der Waals surface area contributed by atoms with E-state index in [1.165, 1.54) is 12.1 Å². The van der Waals surface area contributed by atoms with Crippen LogP contribution in [0.5, 0.6) is 0 Å². The van der Waals surface area contributed by atoms with Crippen LogP contribution in [0.15, 0.2) is 18.2 Å². The van der Waals surface area contributed by atoms with Gasteiger partial charge < -0.3 is 19.9 Å². The van der Waals surface area contributed by atoms with E-state index in [2.05, 4.69) is 15.6 Å². The van der Waals surface area contributed by atoms with Crippen molar-refractivity contribution in [1.29, 1.82) is 0 Å². The summed E-state index contributed by atoms with van der Waals surface area (Å²) < 4.78 is 20.5. The number of amides is 1. The summed E-state index contributed by atoms with van der Waals surface area (Å²) in [6, 6.07) is 4.54. The van der Waals surface area contributed by atoms with Crippen LogP contribution >= 0.6 is 0 Å². The topological polar surface area (TPSA) is 68.2 Å². The van der Waals surface area contributed by atoms with Gasteiger partial charge in [-0.2, -0.15) is 0 Å². The predicted octanol–water partition coefficient (Wildman–Crippen LogP) is 0.359. The summed E-state index contributed by atoms with van der Waals surface area (Å²) in [4.78, 5) is 16.3. The zero-order valence-electron chi connectivity index (χ0n) is 12.4. The molecule has 0 saturated carbocycles. The molecule has 0 bridgehead atoms. The first-order valence-corrected chi connectivity index (χ1v) is 7.36. The molecule has 1 aliphatic rings. The number of benzene rings is 1. The van der Waals surface area contributed by atoms with E-state index in [9.17, 15) is 9.18 Å². The van der Waals surface area contributed by atoms with E-state index < -0.39 is 6.10 Å². The molecule has 2 aromatic rings. The molecule has 7 heteroatoms. The molecule has 118 valence electrons. The molecule has 0 radical (unpaired) electrons. The zero-order valence-corrected chi connectivity index (χ0v) is 12.4. The molecule has 22 heavy (non-hydrogen) atoms. The number of hydrogen-bond donors (Lipinski definition) is 2. The molecule has 1 aliphatic heterocycles. The number of nitrogens with one attached hydrogen (secondary N) is 2. The van der Waals surface area contributed by atoms with Gasteiger partial charge in [0.05, 0.1) is 17.6 Å². The van der Waals surface area contributed by atoms with E-state index in [1.807, 2.05) is 11.6 Å². The van der Waals surface area contributed by atoms with Crippen molar-refractivity contribution in [3.05, 3.63) is 29.8 Å². The molecule has 1 aromatic carbocycles. The molecule has 1 unspecified atom stereocenters. The Labute approximate surface area is 127 Å². The van der Waals surface area contributed by atoms with Crippen LogP contribution in [0.3, 0.4) is 0 Å². The minimum Gasteiger partial charge on any atom is -0.366 e. The van der Waals surface area contributed by atoms with Crippen LogP contribution in [-0.2, 0) is 23.0 Å². The SMILES string of the molecule is Cn1c(CCNC(=O)C2CNCCO2)nc2cc(F)ccc21. The quantitative estimate of drug-likeness (QED) is 0.856. The van der Waals surface area contributed by atoms with Crippen molar-refractivity contribution in [2.75, 3.05) is 26.2 Å². The number of ether oxygens (including phenoxy) is 1. The number of rotatable bonds is 4. The van der Waals surface area contributed by atoms with Gasteiger partial charge in [0.1, 0.15) is 17.7 Å². The highest BCUT2D eigenvalue weighted by Crippen LogP contribution is 2.16. The highest BCUT2D eigenvalue weighted by Gasteiger charge is 2.21. The van der Waals surface area contributed by atoms with Crippen LogP contribution in [0.2, 0.25) is 0 Å². The largest absolute Gasteiger partial charge is 0.366 e. The lowest BCUT2D eigenvalue weighted by Crippen LogP contribution is -2.48. The third kappa shape index (κ3) is 3.10. The summed E-state index contributed by atoms with van der Waals surface area (Å²) in [5.41, 5.74) is 1.51. The molecule has 1 fully saturated rings. The van der Waals surface area contributed by atoms with Crippen LogP contribution in [-0.4, -0.2) is 47.8 Å². The van der Waals surface area contributed by atoms with Gasteiger partial charge in [-0.25, -0.2) is 9.37 Å². The summed E-state index contributed by atoms with van der Waals surface area (Å²) >= 11 is 0. The molecule has 6 nitrogen and oxygen atoms in total. The van der Waals surface area contributed by atoms with Crippen molar-refractivity contribution in [3.63, 3.8) is 0 Å². The fourth-order valence-electron chi connectivity index (χ4n) is 2.59. The average molecular weight is 306 g/mol. The number of imidazole rings is 1. The third-order valence-electron chi connectivity index (χ3n) is 3.80. The van der Waals surface area contributed by atoms with Gasteiger partial charge >= 0.3 is 0 Å². The fraction of sp³-hybridized carbons (Fsp3) is 0.467. The number of carbonyl (C=O) groups is 1. The van der Waals surface area contributed by atoms with Gasteiger partial charge in [-0.15, -0.1) is 0 Å². The van der Waals surface area contributed by atoms with Gasteiger partial charge in [0, 0.05) is 39.2 Å². The smallest absolute Gasteiger partial charge is 0.250 e. The molecule has 1 aromatic heterocycles. The molecule has 1 atom stereocenters. The maximum atomic E-state index is 13.2. The first kappa shape index (κ1) is 14.9. The number of nitrogens with zero attached hydrogens (tertiary/aromatic N) is 2. The van der Waals surface area contributed by atoms with Gasteiger partial charge in [0.2, 0.25) is 5.91 Å². The molecule has 1 saturated heterocycles. The number of carbonyl (C=O) groups excluding carboxylic acids is 1. The first-order chi connectivity index (χ1) is 10.6. The highest BCUT2D eigenvalue weighted by atomic mass is 19.1. The second kappa shape index (κ2) is 6.41.